The van der Waals surface area contributed by atoms with E-state index in [4.69, 9.17) is 0 Å². The number of nitro benzene ring substituents is 1. The van der Waals surface area contributed by atoms with Crippen molar-refractivity contribution in [3.63, 3.8) is 0 Å². The molecule has 0 spiro atoms. The maximum atomic E-state index is 11.4. The minimum absolute atomic E-state index is 0.00704. The molecule has 1 saturated heterocycles. The molecular weight excluding hydrogens is 268 g/mol. The number of rotatable bonds is 3. The number of hydrogen-bond donors (Lipinski definition) is 1. The van der Waals surface area contributed by atoms with Gasteiger partial charge in [-0.3, -0.25) is 10.1 Å². The standard InChI is InChI=1S/C12H16N2O4S/c1-8-5-11(12(14(15)16)6-9(8)2)13-10-3-4-19(17,18)7-10/h5-6,10,13H,3-4,7H2,1-2H3. The lowest BCUT2D eigenvalue weighted by atomic mass is 10.1. The molecule has 0 amide bonds. The first-order valence-corrected chi connectivity index (χ1v) is 7.83. The Bertz CT molecular complexity index is 625. The highest BCUT2D eigenvalue weighted by Crippen LogP contribution is 2.29. The van der Waals surface area contributed by atoms with Gasteiger partial charge in [0.05, 0.1) is 16.4 Å². The van der Waals surface area contributed by atoms with Gasteiger partial charge in [0.25, 0.3) is 5.69 Å². The summed E-state index contributed by atoms with van der Waals surface area (Å²) < 4.78 is 22.8. The number of nitrogens with zero attached hydrogens (tertiary/aromatic N) is 1. The van der Waals surface area contributed by atoms with E-state index in [1.165, 1.54) is 6.07 Å². The van der Waals surface area contributed by atoms with E-state index in [2.05, 4.69) is 5.32 Å². The van der Waals surface area contributed by atoms with Gasteiger partial charge in [-0.25, -0.2) is 8.42 Å². The monoisotopic (exact) mass is 284 g/mol. The van der Waals surface area contributed by atoms with Gasteiger partial charge in [-0.2, -0.15) is 0 Å². The fourth-order valence-corrected chi connectivity index (χ4v) is 3.87. The van der Waals surface area contributed by atoms with Crippen molar-refractivity contribution in [1.29, 1.82) is 0 Å². The van der Waals surface area contributed by atoms with Gasteiger partial charge in [0.2, 0.25) is 0 Å². The number of sulfone groups is 1. The average Bonchev–Trinajstić information content (AvgIpc) is 2.62. The molecular formula is C12H16N2O4S. The van der Waals surface area contributed by atoms with E-state index in [1.54, 1.807) is 6.07 Å². The van der Waals surface area contributed by atoms with E-state index >= 15 is 0 Å². The summed E-state index contributed by atoms with van der Waals surface area (Å²) in [5.74, 6) is 0.181. The number of hydrogen-bond acceptors (Lipinski definition) is 5. The molecule has 0 saturated carbocycles. The van der Waals surface area contributed by atoms with Crippen molar-refractivity contribution in [2.45, 2.75) is 26.3 Å². The molecule has 1 unspecified atom stereocenters. The molecule has 0 bridgehead atoms. The number of nitro groups is 1. The third-order valence-electron chi connectivity index (χ3n) is 3.40. The molecule has 1 heterocycles. The Labute approximate surface area is 111 Å². The molecule has 1 aromatic rings. The van der Waals surface area contributed by atoms with Gasteiger partial charge in [0.15, 0.2) is 9.84 Å². The van der Waals surface area contributed by atoms with Crippen molar-refractivity contribution in [2.24, 2.45) is 0 Å². The lowest BCUT2D eigenvalue weighted by Gasteiger charge is -2.14. The van der Waals surface area contributed by atoms with E-state index in [0.29, 0.717) is 12.1 Å². The highest BCUT2D eigenvalue weighted by Gasteiger charge is 2.29. The zero-order valence-corrected chi connectivity index (χ0v) is 11.7. The Morgan fingerprint density at radius 2 is 1.95 bits per heavy atom. The highest BCUT2D eigenvalue weighted by atomic mass is 32.2. The van der Waals surface area contributed by atoms with Gasteiger partial charge in [-0.1, -0.05) is 0 Å². The summed E-state index contributed by atoms with van der Waals surface area (Å²) in [5.41, 5.74) is 2.17. The van der Waals surface area contributed by atoms with Crippen LogP contribution in [-0.2, 0) is 9.84 Å². The molecule has 0 aromatic heterocycles. The zero-order chi connectivity index (χ0) is 14.2. The molecule has 104 valence electrons. The van der Waals surface area contributed by atoms with Crippen LogP contribution in [0.2, 0.25) is 0 Å². The van der Waals surface area contributed by atoms with E-state index < -0.39 is 14.8 Å². The normalized spacial score (nSPS) is 21.3. The van der Waals surface area contributed by atoms with Crippen molar-refractivity contribution in [3.8, 4) is 0 Å². The van der Waals surface area contributed by atoms with E-state index in [9.17, 15) is 18.5 Å². The summed E-state index contributed by atoms with van der Waals surface area (Å²) in [5, 5.41) is 14.0. The number of benzene rings is 1. The van der Waals surface area contributed by atoms with Crippen LogP contribution in [0, 0.1) is 24.0 Å². The van der Waals surface area contributed by atoms with E-state index in [-0.39, 0.29) is 23.2 Å². The zero-order valence-electron chi connectivity index (χ0n) is 10.8. The molecule has 1 aromatic carbocycles. The molecule has 1 fully saturated rings. The lowest BCUT2D eigenvalue weighted by molar-refractivity contribution is -0.384. The highest BCUT2D eigenvalue weighted by molar-refractivity contribution is 7.91. The van der Waals surface area contributed by atoms with Gasteiger partial charge in [0.1, 0.15) is 5.69 Å². The van der Waals surface area contributed by atoms with Crippen LogP contribution in [0.3, 0.4) is 0 Å². The SMILES string of the molecule is Cc1cc(NC2CCS(=O)(=O)C2)c([N+](=O)[O-])cc1C. The lowest BCUT2D eigenvalue weighted by Crippen LogP contribution is -2.21. The Morgan fingerprint density at radius 1 is 1.32 bits per heavy atom. The smallest absolute Gasteiger partial charge is 0.292 e. The summed E-state index contributed by atoms with van der Waals surface area (Å²) in [4.78, 5) is 10.6. The van der Waals surface area contributed by atoms with Gasteiger partial charge in [0, 0.05) is 12.1 Å². The van der Waals surface area contributed by atoms with Crippen LogP contribution < -0.4 is 5.32 Å². The van der Waals surface area contributed by atoms with Gasteiger partial charge in [-0.05, 0) is 37.5 Å². The first kappa shape index (κ1) is 13.8. The number of nitrogens with one attached hydrogen (secondary N) is 1. The molecule has 0 aliphatic carbocycles. The van der Waals surface area contributed by atoms with Crippen LogP contribution in [0.5, 0.6) is 0 Å². The molecule has 6 nitrogen and oxygen atoms in total. The summed E-state index contributed by atoms with van der Waals surface area (Å²) >= 11 is 0. The topological polar surface area (TPSA) is 89.3 Å². The fraction of sp³-hybridized carbons (Fsp3) is 0.500. The van der Waals surface area contributed by atoms with Gasteiger partial charge < -0.3 is 5.32 Å². The van der Waals surface area contributed by atoms with Crippen LogP contribution >= 0.6 is 0 Å². The average molecular weight is 284 g/mol. The van der Waals surface area contributed by atoms with Gasteiger partial charge in [-0.15, -0.1) is 0 Å². The molecule has 19 heavy (non-hydrogen) atoms. The van der Waals surface area contributed by atoms with Gasteiger partial charge >= 0.3 is 0 Å². The second-order valence-electron chi connectivity index (χ2n) is 4.96. The van der Waals surface area contributed by atoms with Crippen molar-refractivity contribution in [2.75, 3.05) is 16.8 Å². The summed E-state index contributed by atoms with van der Waals surface area (Å²) in [6, 6.07) is 2.98. The van der Waals surface area contributed by atoms with Crippen LogP contribution in [0.1, 0.15) is 17.5 Å². The Morgan fingerprint density at radius 3 is 2.47 bits per heavy atom. The first-order valence-electron chi connectivity index (χ1n) is 6.01. The molecule has 1 aliphatic rings. The van der Waals surface area contributed by atoms with Crippen LogP contribution in [0.15, 0.2) is 12.1 Å². The molecule has 1 N–H and O–H groups in total. The van der Waals surface area contributed by atoms with E-state index in [1.807, 2.05) is 13.8 Å². The number of anilines is 1. The Hall–Kier alpha value is -1.63. The second kappa shape index (κ2) is 4.80. The quantitative estimate of drug-likeness (QED) is 0.675. The molecule has 1 aliphatic heterocycles. The maximum Gasteiger partial charge on any atom is 0.292 e. The molecule has 2 rings (SSSR count). The summed E-state index contributed by atoms with van der Waals surface area (Å²) in [6.45, 7) is 3.68. The molecule has 0 radical (unpaired) electrons. The number of aryl methyl sites for hydroxylation is 2. The van der Waals surface area contributed by atoms with Crippen LogP contribution in [0.25, 0.3) is 0 Å². The van der Waals surface area contributed by atoms with Crippen LogP contribution in [0.4, 0.5) is 11.4 Å². The first-order chi connectivity index (χ1) is 8.78. The predicted octanol–water partition coefficient (Wildman–Crippen LogP) is 1.81. The largest absolute Gasteiger partial charge is 0.376 e. The minimum atomic E-state index is -3.00. The third-order valence-corrected chi connectivity index (χ3v) is 5.17. The van der Waals surface area contributed by atoms with Crippen LogP contribution in [-0.4, -0.2) is 30.9 Å². The summed E-state index contributed by atoms with van der Waals surface area (Å²) in [6.07, 6.45) is 0.492. The van der Waals surface area contributed by atoms with Crippen molar-refractivity contribution in [1.82, 2.24) is 0 Å². The Balaban J connectivity index is 2.29. The predicted molar refractivity (Wildman–Crippen MR) is 73.3 cm³/mol. The molecule has 7 heteroatoms. The maximum absolute atomic E-state index is 11.4. The minimum Gasteiger partial charge on any atom is -0.376 e. The van der Waals surface area contributed by atoms with Crippen molar-refractivity contribution in [3.05, 3.63) is 33.4 Å². The fourth-order valence-electron chi connectivity index (χ4n) is 2.20. The third kappa shape index (κ3) is 3.04. The summed E-state index contributed by atoms with van der Waals surface area (Å²) in [7, 11) is -3.00. The second-order valence-corrected chi connectivity index (χ2v) is 7.18. The van der Waals surface area contributed by atoms with Crippen molar-refractivity contribution < 1.29 is 13.3 Å². The van der Waals surface area contributed by atoms with E-state index in [0.717, 1.165) is 11.1 Å². The molecule has 1 atom stereocenters. The van der Waals surface area contributed by atoms with Crippen molar-refractivity contribution >= 4 is 21.2 Å². The Kier molecular flexibility index (Phi) is 3.49.